The van der Waals surface area contributed by atoms with Crippen LogP contribution in [0.15, 0.2) is 67.1 Å². The number of rotatable bonds is 10. The first-order valence-electron chi connectivity index (χ1n) is 17.9. The number of carboxylic acid groups (broad SMARTS) is 1. The molecule has 0 radical (unpaired) electrons. The van der Waals surface area contributed by atoms with Crippen LogP contribution in [0.2, 0.25) is 10.0 Å². The second-order valence-corrected chi connectivity index (χ2v) is 14.9. The summed E-state index contributed by atoms with van der Waals surface area (Å²) in [6.45, 7) is 3.49. The van der Waals surface area contributed by atoms with Crippen LogP contribution >= 0.6 is 23.2 Å². The fourth-order valence-electron chi connectivity index (χ4n) is 7.99. The zero-order chi connectivity index (χ0) is 37.9. The molecule has 3 fully saturated rings. The lowest BCUT2D eigenvalue weighted by atomic mass is 9.76. The number of morpholine rings is 1. The van der Waals surface area contributed by atoms with Crippen molar-refractivity contribution in [1.29, 1.82) is 0 Å². The van der Waals surface area contributed by atoms with Crippen LogP contribution in [0.25, 0.3) is 11.3 Å². The van der Waals surface area contributed by atoms with Crippen molar-refractivity contribution in [2.45, 2.75) is 42.7 Å². The van der Waals surface area contributed by atoms with E-state index in [9.17, 15) is 19.5 Å². The number of nitrogens with one attached hydrogen (secondary N) is 2. The number of ether oxygens (including phenoxy) is 2. The number of nitrogens with zero attached hydrogens (tertiary/aromatic N) is 6. The molecule has 0 saturated carbocycles. The van der Waals surface area contributed by atoms with Crippen molar-refractivity contribution in [3.05, 3.63) is 93.9 Å². The maximum absolute atomic E-state index is 14.2. The van der Waals surface area contributed by atoms with Crippen LogP contribution < -0.4 is 10.1 Å². The van der Waals surface area contributed by atoms with Crippen molar-refractivity contribution >= 4 is 41.1 Å². The van der Waals surface area contributed by atoms with Gasteiger partial charge in [0.1, 0.15) is 11.4 Å². The van der Waals surface area contributed by atoms with Crippen LogP contribution in [0.3, 0.4) is 0 Å². The minimum atomic E-state index is -1.10. The summed E-state index contributed by atoms with van der Waals surface area (Å²) in [6, 6.07) is 13.5. The van der Waals surface area contributed by atoms with Gasteiger partial charge in [0.2, 0.25) is 0 Å². The van der Waals surface area contributed by atoms with Crippen LogP contribution in [0, 0.1) is 0 Å². The van der Waals surface area contributed by atoms with Crippen molar-refractivity contribution in [2.24, 2.45) is 0 Å². The molecule has 3 saturated heterocycles. The molecule has 3 aliphatic rings. The molecule has 2 unspecified atom stereocenters. The number of amides is 3. The maximum atomic E-state index is 14.2. The number of piperidine rings is 1. The van der Waals surface area contributed by atoms with Gasteiger partial charge in [-0.3, -0.25) is 9.78 Å². The van der Waals surface area contributed by atoms with Gasteiger partial charge in [-0.25, -0.2) is 9.59 Å². The first kappa shape index (κ1) is 37.6. The Bertz CT molecular complexity index is 1980. The summed E-state index contributed by atoms with van der Waals surface area (Å²) < 4.78 is 11.0. The average molecular weight is 778 g/mol. The van der Waals surface area contributed by atoms with Crippen molar-refractivity contribution in [1.82, 2.24) is 40.4 Å². The van der Waals surface area contributed by atoms with Crippen molar-refractivity contribution in [3.63, 3.8) is 0 Å². The molecule has 5 heterocycles. The van der Waals surface area contributed by atoms with Gasteiger partial charge in [0, 0.05) is 56.1 Å². The van der Waals surface area contributed by atoms with E-state index < -0.39 is 29.0 Å². The highest BCUT2D eigenvalue weighted by Crippen LogP contribution is 2.42. The number of urea groups is 1. The smallest absolute Gasteiger partial charge is 0.328 e. The largest absolute Gasteiger partial charge is 0.496 e. The molecule has 3 aliphatic heterocycles. The Morgan fingerprint density at radius 2 is 1.85 bits per heavy atom. The van der Waals surface area contributed by atoms with Gasteiger partial charge in [-0.05, 0) is 79.8 Å². The normalized spacial score (nSPS) is 21.5. The Kier molecular flexibility index (Phi) is 11.1. The fourth-order valence-corrected chi connectivity index (χ4v) is 8.29. The monoisotopic (exact) mass is 776 g/mol. The zero-order valence-corrected chi connectivity index (χ0v) is 31.4. The molecule has 16 heteroatoms. The molecule has 284 valence electrons. The third kappa shape index (κ3) is 7.61. The molecule has 7 rings (SSSR count). The number of H-pyrrole nitrogens is 1. The number of hydrogen-bond acceptors (Lipinski definition) is 9. The van der Waals surface area contributed by atoms with Crippen LogP contribution in [0.5, 0.6) is 5.75 Å². The topological polar surface area (TPSA) is 166 Å². The van der Waals surface area contributed by atoms with Crippen molar-refractivity contribution < 1.29 is 29.0 Å². The number of aromatic amines is 1. The first-order valence-corrected chi connectivity index (χ1v) is 18.7. The third-order valence-corrected chi connectivity index (χ3v) is 11.9. The van der Waals surface area contributed by atoms with Gasteiger partial charge in [-0.2, -0.15) is 15.4 Å². The fraction of sp³-hybridized carbons (Fsp3) is 0.421. The van der Waals surface area contributed by atoms with Gasteiger partial charge in [-0.1, -0.05) is 35.3 Å². The number of pyridine rings is 1. The summed E-state index contributed by atoms with van der Waals surface area (Å²) in [5, 5.41) is 24.6. The Hall–Kier alpha value is -4.76. The second kappa shape index (κ2) is 15.9. The highest BCUT2D eigenvalue weighted by atomic mass is 35.5. The summed E-state index contributed by atoms with van der Waals surface area (Å²) in [5.41, 5.74) is 2.56. The lowest BCUT2D eigenvalue weighted by Gasteiger charge is -2.45. The quantitative estimate of drug-likeness (QED) is 0.203. The SMILES string of the molecule is COc1ccc(-c2cn[nH]n2)cc1C(=O)N1CCC(CCN2CCC(NC(=O)N3CCOCC3C(=O)O)(c3cccnc3)CC2)(c2ccc(Cl)c(Cl)c2)C1. The molecular weight excluding hydrogens is 735 g/mol. The number of aromatic nitrogens is 4. The van der Waals surface area contributed by atoms with E-state index in [1.807, 2.05) is 41.3 Å². The number of aliphatic carboxylic acids is 1. The van der Waals surface area contributed by atoms with Crippen LogP contribution in [-0.2, 0) is 20.5 Å². The minimum Gasteiger partial charge on any atom is -0.496 e. The van der Waals surface area contributed by atoms with E-state index in [0.29, 0.717) is 66.1 Å². The Balaban J connectivity index is 1.09. The van der Waals surface area contributed by atoms with E-state index in [-0.39, 0.29) is 25.7 Å². The summed E-state index contributed by atoms with van der Waals surface area (Å²) in [5.74, 6) is -0.763. The molecule has 4 aromatic rings. The van der Waals surface area contributed by atoms with Crippen LogP contribution in [0.1, 0.15) is 47.2 Å². The first-order chi connectivity index (χ1) is 26.1. The number of likely N-dealkylation sites (tertiary alicyclic amines) is 2. The molecule has 2 aromatic carbocycles. The summed E-state index contributed by atoms with van der Waals surface area (Å²) >= 11 is 12.9. The Morgan fingerprint density at radius 1 is 1.02 bits per heavy atom. The number of carbonyl (C=O) groups is 3. The van der Waals surface area contributed by atoms with Gasteiger partial charge in [-0.15, -0.1) is 0 Å². The van der Waals surface area contributed by atoms with Crippen molar-refractivity contribution in [2.75, 3.05) is 59.6 Å². The minimum absolute atomic E-state index is 0.0528. The average Bonchev–Trinajstić information content (AvgIpc) is 3.91. The van der Waals surface area contributed by atoms with E-state index in [4.69, 9.17) is 32.7 Å². The van der Waals surface area contributed by atoms with E-state index in [2.05, 4.69) is 30.6 Å². The second-order valence-electron chi connectivity index (χ2n) is 14.1. The Morgan fingerprint density at radius 3 is 2.56 bits per heavy atom. The summed E-state index contributed by atoms with van der Waals surface area (Å²) in [4.78, 5) is 49.8. The van der Waals surface area contributed by atoms with E-state index in [0.717, 1.165) is 36.1 Å². The predicted molar refractivity (Wildman–Crippen MR) is 201 cm³/mol. The molecule has 0 spiro atoms. The van der Waals surface area contributed by atoms with Gasteiger partial charge in [0.05, 0.1) is 47.7 Å². The molecule has 2 atom stereocenters. The zero-order valence-electron chi connectivity index (χ0n) is 29.8. The van der Waals surface area contributed by atoms with Gasteiger partial charge < -0.3 is 34.6 Å². The van der Waals surface area contributed by atoms with E-state index >= 15 is 0 Å². The summed E-state index contributed by atoms with van der Waals surface area (Å²) in [6.07, 6.45) is 7.72. The Labute approximate surface area is 322 Å². The van der Waals surface area contributed by atoms with E-state index in [1.165, 1.54) is 4.90 Å². The lowest BCUT2D eigenvalue weighted by molar-refractivity contribution is -0.147. The molecular formula is C38H42Cl2N8O6. The van der Waals surface area contributed by atoms with Gasteiger partial charge in [0.25, 0.3) is 5.91 Å². The third-order valence-electron chi connectivity index (χ3n) is 11.2. The standard InChI is InChI=1S/C38H42Cl2N8O6/c1-53-33-7-4-25(31-22-42-45-44-31)19-28(33)34(49)47-16-9-37(24-47,26-5-6-29(39)30(40)20-26)8-13-46-14-10-38(11-15-46,27-3-2-12-41-21-27)43-36(52)48-17-18-54-23-32(48)35(50)51/h2-7,12,19-22,32H,8-11,13-18,23-24H2,1H3,(H,43,52)(H,50,51)(H,42,44,45). The summed E-state index contributed by atoms with van der Waals surface area (Å²) in [7, 11) is 1.55. The highest BCUT2D eigenvalue weighted by Gasteiger charge is 2.45. The number of carbonyl (C=O) groups excluding carboxylic acids is 2. The van der Waals surface area contributed by atoms with Gasteiger partial charge in [0.15, 0.2) is 6.04 Å². The predicted octanol–water partition coefficient (Wildman–Crippen LogP) is 4.84. The number of methoxy groups -OCH3 is 1. The number of halogens is 2. The lowest BCUT2D eigenvalue weighted by Crippen LogP contribution is -2.61. The van der Waals surface area contributed by atoms with Crippen LogP contribution in [0.4, 0.5) is 4.79 Å². The molecule has 0 bridgehead atoms. The van der Waals surface area contributed by atoms with Crippen LogP contribution in [-0.4, -0.2) is 124 Å². The number of carboxylic acids is 1. The molecule has 3 amide bonds. The molecule has 2 aromatic heterocycles. The molecule has 0 aliphatic carbocycles. The molecule has 3 N–H and O–H groups in total. The highest BCUT2D eigenvalue weighted by molar-refractivity contribution is 6.42. The van der Waals surface area contributed by atoms with Crippen molar-refractivity contribution in [3.8, 4) is 17.0 Å². The maximum Gasteiger partial charge on any atom is 0.328 e. The van der Waals surface area contributed by atoms with E-state index in [1.54, 1.807) is 37.8 Å². The molecule has 54 heavy (non-hydrogen) atoms. The molecule has 14 nitrogen and oxygen atoms in total. The number of benzene rings is 2. The number of hydrogen-bond donors (Lipinski definition) is 3. The van der Waals surface area contributed by atoms with Gasteiger partial charge >= 0.3 is 12.0 Å².